The number of nitrogens with one attached hydrogen (secondary N) is 1. The molecule has 16 heavy (non-hydrogen) atoms. The van der Waals surface area contributed by atoms with Crippen LogP contribution in [-0.4, -0.2) is 19.7 Å². The van der Waals surface area contributed by atoms with E-state index in [-0.39, 0.29) is 18.2 Å². The van der Waals surface area contributed by atoms with Crippen molar-refractivity contribution in [2.45, 2.75) is 25.9 Å². The Kier molecular flexibility index (Phi) is 4.24. The van der Waals surface area contributed by atoms with Gasteiger partial charge >= 0.3 is 0 Å². The minimum absolute atomic E-state index is 0.0202. The minimum Gasteiger partial charge on any atom is -0.491 e. The van der Waals surface area contributed by atoms with Gasteiger partial charge in [-0.3, -0.25) is 0 Å². The summed E-state index contributed by atoms with van der Waals surface area (Å²) in [4.78, 5) is 0. The normalized spacial score (nSPS) is 11.9. The highest BCUT2D eigenvalue weighted by molar-refractivity contribution is 5.31. The van der Waals surface area contributed by atoms with Crippen molar-refractivity contribution in [3.05, 3.63) is 29.8 Å². The van der Waals surface area contributed by atoms with Gasteiger partial charge in [-0.1, -0.05) is 12.1 Å². The monoisotopic (exact) mass is 229 g/mol. The fourth-order valence-corrected chi connectivity index (χ4v) is 1.39. The number of likely N-dealkylation sites (N-methyl/N-ethyl adjacent to an activating group) is 1. The number of ether oxygens (including phenoxy) is 1. The molecule has 0 radical (unpaired) electrons. The maximum Gasteiger partial charge on any atom is 0.285 e. The van der Waals surface area contributed by atoms with Crippen molar-refractivity contribution in [2.24, 2.45) is 0 Å². The standard InChI is InChI=1S/C12H17F2NO/c1-9(2)16-11-6-4-5-10(7-11)12(13,14)8-15-3/h4-7,9,15H,8H2,1-3H3. The third-order valence-corrected chi connectivity index (χ3v) is 2.03. The van der Waals surface area contributed by atoms with Crippen LogP contribution in [-0.2, 0) is 5.92 Å². The molecule has 0 saturated heterocycles. The lowest BCUT2D eigenvalue weighted by atomic mass is 10.1. The molecule has 0 bridgehead atoms. The molecule has 1 aromatic carbocycles. The van der Waals surface area contributed by atoms with Crippen LogP contribution < -0.4 is 10.1 Å². The molecule has 0 aliphatic carbocycles. The first-order valence-electron chi connectivity index (χ1n) is 5.25. The van der Waals surface area contributed by atoms with Gasteiger partial charge in [0.25, 0.3) is 5.92 Å². The maximum absolute atomic E-state index is 13.6. The van der Waals surface area contributed by atoms with E-state index in [1.807, 2.05) is 13.8 Å². The van der Waals surface area contributed by atoms with Gasteiger partial charge in [0.1, 0.15) is 5.75 Å². The Bertz CT molecular complexity index is 340. The van der Waals surface area contributed by atoms with E-state index in [0.29, 0.717) is 5.75 Å². The summed E-state index contributed by atoms with van der Waals surface area (Å²) in [6.45, 7) is 3.34. The quantitative estimate of drug-likeness (QED) is 0.838. The molecule has 1 aromatic rings. The third-order valence-electron chi connectivity index (χ3n) is 2.03. The number of hydrogen-bond acceptors (Lipinski definition) is 2. The molecule has 0 unspecified atom stereocenters. The summed E-state index contributed by atoms with van der Waals surface area (Å²) >= 11 is 0. The number of halogens is 2. The van der Waals surface area contributed by atoms with Crippen molar-refractivity contribution in [2.75, 3.05) is 13.6 Å². The molecular formula is C12H17F2NO. The first kappa shape index (κ1) is 12.9. The zero-order valence-electron chi connectivity index (χ0n) is 9.76. The molecule has 0 fully saturated rings. The summed E-state index contributed by atoms with van der Waals surface area (Å²) in [6, 6.07) is 6.05. The molecule has 0 saturated carbocycles. The number of hydrogen-bond donors (Lipinski definition) is 1. The van der Waals surface area contributed by atoms with Gasteiger partial charge in [-0.15, -0.1) is 0 Å². The third kappa shape index (κ3) is 3.45. The summed E-state index contributed by atoms with van der Waals surface area (Å²) in [5.74, 6) is -2.39. The van der Waals surface area contributed by atoms with Gasteiger partial charge in [-0.2, -0.15) is 8.78 Å². The highest BCUT2D eigenvalue weighted by Crippen LogP contribution is 2.29. The average molecular weight is 229 g/mol. The fraction of sp³-hybridized carbons (Fsp3) is 0.500. The van der Waals surface area contributed by atoms with Crippen LogP contribution in [0.15, 0.2) is 24.3 Å². The van der Waals surface area contributed by atoms with Crippen molar-refractivity contribution >= 4 is 0 Å². The molecular weight excluding hydrogens is 212 g/mol. The van der Waals surface area contributed by atoms with E-state index in [4.69, 9.17) is 4.74 Å². The van der Waals surface area contributed by atoms with Crippen molar-refractivity contribution in [3.8, 4) is 5.75 Å². The van der Waals surface area contributed by atoms with E-state index in [0.717, 1.165) is 0 Å². The minimum atomic E-state index is -2.87. The summed E-state index contributed by atoms with van der Waals surface area (Å²) in [6.07, 6.45) is -0.0202. The molecule has 4 heteroatoms. The summed E-state index contributed by atoms with van der Waals surface area (Å²) in [5.41, 5.74) is -0.0278. The smallest absolute Gasteiger partial charge is 0.285 e. The second kappa shape index (κ2) is 5.25. The Morgan fingerprint density at radius 3 is 2.62 bits per heavy atom. The molecule has 0 aliphatic heterocycles. The predicted octanol–water partition coefficient (Wildman–Crippen LogP) is 2.79. The van der Waals surface area contributed by atoms with Gasteiger partial charge < -0.3 is 10.1 Å². The van der Waals surface area contributed by atoms with Crippen LogP contribution in [0.25, 0.3) is 0 Å². The van der Waals surface area contributed by atoms with Crippen molar-refractivity contribution in [1.29, 1.82) is 0 Å². The van der Waals surface area contributed by atoms with Crippen LogP contribution in [0.4, 0.5) is 8.78 Å². The fourth-order valence-electron chi connectivity index (χ4n) is 1.39. The second-order valence-corrected chi connectivity index (χ2v) is 3.93. The Morgan fingerprint density at radius 2 is 2.06 bits per heavy atom. The van der Waals surface area contributed by atoms with Crippen LogP contribution in [0.3, 0.4) is 0 Å². The zero-order chi connectivity index (χ0) is 12.2. The molecule has 90 valence electrons. The predicted molar refractivity (Wildman–Crippen MR) is 60.0 cm³/mol. The van der Waals surface area contributed by atoms with Gasteiger partial charge in [0.05, 0.1) is 12.6 Å². The van der Waals surface area contributed by atoms with Gasteiger partial charge in [-0.05, 0) is 33.0 Å². The molecule has 2 nitrogen and oxygen atoms in total. The largest absolute Gasteiger partial charge is 0.491 e. The molecule has 0 heterocycles. The first-order valence-corrected chi connectivity index (χ1v) is 5.25. The van der Waals surface area contributed by atoms with Crippen LogP contribution >= 0.6 is 0 Å². The van der Waals surface area contributed by atoms with Crippen LogP contribution in [0.1, 0.15) is 19.4 Å². The highest BCUT2D eigenvalue weighted by Gasteiger charge is 2.30. The Labute approximate surface area is 94.6 Å². The Balaban J connectivity index is 2.89. The topological polar surface area (TPSA) is 21.3 Å². The van der Waals surface area contributed by atoms with Gasteiger partial charge in [0.2, 0.25) is 0 Å². The van der Waals surface area contributed by atoms with Crippen molar-refractivity contribution in [3.63, 3.8) is 0 Å². The van der Waals surface area contributed by atoms with E-state index < -0.39 is 5.92 Å². The van der Waals surface area contributed by atoms with Crippen LogP contribution in [0.5, 0.6) is 5.75 Å². The number of alkyl halides is 2. The second-order valence-electron chi connectivity index (χ2n) is 3.93. The summed E-state index contributed by atoms with van der Waals surface area (Å²) in [7, 11) is 1.50. The molecule has 0 spiro atoms. The molecule has 0 amide bonds. The highest BCUT2D eigenvalue weighted by atomic mass is 19.3. The van der Waals surface area contributed by atoms with E-state index in [2.05, 4.69) is 5.32 Å². The van der Waals surface area contributed by atoms with E-state index in [9.17, 15) is 8.78 Å². The SMILES string of the molecule is CNCC(F)(F)c1cccc(OC(C)C)c1. The van der Waals surface area contributed by atoms with E-state index >= 15 is 0 Å². The maximum atomic E-state index is 13.6. The van der Waals surface area contributed by atoms with Crippen molar-refractivity contribution < 1.29 is 13.5 Å². The Morgan fingerprint density at radius 1 is 1.38 bits per heavy atom. The van der Waals surface area contributed by atoms with Crippen LogP contribution in [0.2, 0.25) is 0 Å². The van der Waals surface area contributed by atoms with Crippen molar-refractivity contribution in [1.82, 2.24) is 5.32 Å². The average Bonchev–Trinajstić information content (AvgIpc) is 2.17. The lowest BCUT2D eigenvalue weighted by molar-refractivity contribution is -0.00155. The van der Waals surface area contributed by atoms with Gasteiger partial charge in [0, 0.05) is 5.56 Å². The molecule has 0 aromatic heterocycles. The first-order chi connectivity index (χ1) is 7.45. The molecule has 1 rings (SSSR count). The van der Waals surface area contributed by atoms with Gasteiger partial charge in [-0.25, -0.2) is 0 Å². The van der Waals surface area contributed by atoms with E-state index in [1.54, 1.807) is 12.1 Å². The summed E-state index contributed by atoms with van der Waals surface area (Å²) < 4.78 is 32.5. The summed E-state index contributed by atoms with van der Waals surface area (Å²) in [5, 5.41) is 2.48. The molecule has 0 aliphatic rings. The lowest BCUT2D eigenvalue weighted by Crippen LogP contribution is -2.28. The molecule has 1 N–H and O–H groups in total. The molecule has 0 atom stereocenters. The van der Waals surface area contributed by atoms with Crippen LogP contribution in [0, 0.1) is 0 Å². The number of rotatable bonds is 5. The Hall–Kier alpha value is -1.16. The van der Waals surface area contributed by atoms with E-state index in [1.165, 1.54) is 19.2 Å². The number of benzene rings is 1. The van der Waals surface area contributed by atoms with Gasteiger partial charge in [0.15, 0.2) is 0 Å². The lowest BCUT2D eigenvalue weighted by Gasteiger charge is -2.17. The zero-order valence-corrected chi connectivity index (χ0v) is 9.76.